The molecule has 0 spiro atoms. The molecule has 0 radical (unpaired) electrons. The second-order valence-corrected chi connectivity index (χ2v) is 7.75. The van der Waals surface area contributed by atoms with E-state index in [0.717, 1.165) is 41.5 Å². The Morgan fingerprint density at radius 2 is 1.93 bits per heavy atom. The van der Waals surface area contributed by atoms with Gasteiger partial charge in [-0.05, 0) is 30.7 Å². The van der Waals surface area contributed by atoms with E-state index in [0.29, 0.717) is 23.4 Å². The zero-order chi connectivity index (χ0) is 21.3. The van der Waals surface area contributed by atoms with Crippen molar-refractivity contribution in [1.82, 2.24) is 14.5 Å². The average molecular weight is 426 g/mol. The van der Waals surface area contributed by atoms with Crippen molar-refractivity contribution in [3.63, 3.8) is 0 Å². The molecule has 5 N–H and O–H groups in total. The van der Waals surface area contributed by atoms with Crippen LogP contribution in [0.5, 0.6) is 11.5 Å². The number of nitrogen functional groups attached to an aromatic ring is 1. The number of nitrogens with zero attached hydrogens (tertiary/aromatic N) is 3. The third kappa shape index (κ3) is 3.89. The lowest BCUT2D eigenvalue weighted by Crippen LogP contribution is -2.06. The fourth-order valence-corrected chi connectivity index (χ4v) is 3.91. The molecular weight excluding hydrogens is 403 g/mol. The number of fused-ring (bicyclic) bond motifs is 3. The first kappa shape index (κ1) is 20.3. The Morgan fingerprint density at radius 3 is 2.70 bits per heavy atom. The maximum atomic E-state index is 10.4. The minimum atomic E-state index is -2.54. The van der Waals surface area contributed by atoms with Crippen molar-refractivity contribution in [1.29, 1.82) is 0 Å². The van der Waals surface area contributed by atoms with Crippen molar-refractivity contribution in [3.8, 4) is 11.5 Å². The monoisotopic (exact) mass is 426 g/mol. The molecule has 156 valence electrons. The minimum Gasteiger partial charge on any atom is -0.508 e. The number of aromatic hydroxyl groups is 1. The number of aromatic nitrogens is 3. The summed E-state index contributed by atoms with van der Waals surface area (Å²) in [6, 6.07) is 12.3. The van der Waals surface area contributed by atoms with Crippen LogP contribution in [-0.4, -0.2) is 29.4 Å². The van der Waals surface area contributed by atoms with Gasteiger partial charge in [0.1, 0.15) is 22.8 Å². The molecular formula is C21H23N4O4P. The molecule has 0 aliphatic rings. The summed E-state index contributed by atoms with van der Waals surface area (Å²) in [5.41, 5.74) is 9.07. The number of phenolic OH excluding ortho intramolecular Hbond substituents is 1. The third-order valence-corrected chi connectivity index (χ3v) is 5.38. The van der Waals surface area contributed by atoms with Crippen molar-refractivity contribution < 1.29 is 19.4 Å². The largest absolute Gasteiger partial charge is 0.508 e. The Labute approximate surface area is 174 Å². The zero-order valence-electron chi connectivity index (χ0n) is 16.5. The van der Waals surface area contributed by atoms with Crippen molar-refractivity contribution >= 4 is 36.4 Å². The van der Waals surface area contributed by atoms with Crippen LogP contribution in [0.15, 0.2) is 42.5 Å². The third-order valence-electron chi connectivity index (χ3n) is 5.01. The number of unbranched alkanes of at least 4 members (excludes halogenated alkanes) is 1. The van der Waals surface area contributed by atoms with E-state index >= 15 is 0 Å². The number of imidazole rings is 1. The number of rotatable bonds is 7. The highest BCUT2D eigenvalue weighted by Crippen LogP contribution is 2.34. The lowest BCUT2D eigenvalue weighted by Gasteiger charge is -2.14. The first-order valence-electron chi connectivity index (χ1n) is 9.69. The SMILES string of the molecule is CCCCc1nc2c(N)nc3ccccc3c2n1Cc1cc(OP(O)O)ccc1O. The zero-order valence-corrected chi connectivity index (χ0v) is 17.4. The number of aryl methyl sites for hydroxylation is 1. The summed E-state index contributed by atoms with van der Waals surface area (Å²) in [5, 5.41) is 11.4. The highest BCUT2D eigenvalue weighted by Gasteiger charge is 2.18. The summed E-state index contributed by atoms with van der Waals surface area (Å²) < 4.78 is 7.06. The van der Waals surface area contributed by atoms with E-state index < -0.39 is 8.60 Å². The number of hydrogen-bond donors (Lipinski definition) is 4. The van der Waals surface area contributed by atoms with Gasteiger partial charge in [-0.25, -0.2) is 9.97 Å². The summed E-state index contributed by atoms with van der Waals surface area (Å²) >= 11 is 0. The van der Waals surface area contributed by atoms with Gasteiger partial charge in [0.2, 0.25) is 0 Å². The fourth-order valence-electron chi connectivity index (χ4n) is 3.61. The van der Waals surface area contributed by atoms with E-state index in [2.05, 4.69) is 11.9 Å². The van der Waals surface area contributed by atoms with Crippen LogP contribution < -0.4 is 10.3 Å². The van der Waals surface area contributed by atoms with Crippen LogP contribution in [0.4, 0.5) is 5.82 Å². The summed E-state index contributed by atoms with van der Waals surface area (Å²) in [7, 11) is -2.54. The van der Waals surface area contributed by atoms with Crippen LogP contribution in [0.25, 0.3) is 21.9 Å². The van der Waals surface area contributed by atoms with Gasteiger partial charge in [-0.1, -0.05) is 31.5 Å². The minimum absolute atomic E-state index is 0.0807. The number of hydrogen-bond acceptors (Lipinski definition) is 7. The molecule has 0 fully saturated rings. The number of anilines is 1. The molecule has 2 aromatic carbocycles. The quantitative estimate of drug-likeness (QED) is 0.331. The Morgan fingerprint density at radius 1 is 1.13 bits per heavy atom. The van der Waals surface area contributed by atoms with E-state index in [1.54, 1.807) is 6.07 Å². The standard InChI is InChI=1S/C21H23N4O4P/c1-2-3-8-18-24-19-20(15-6-4-5-7-16(15)23-21(19)22)25(18)12-13-11-14(29-30(27)28)9-10-17(13)26/h4-7,9-11,26-28H,2-3,8,12H2,1H3,(H2,22,23). The van der Waals surface area contributed by atoms with Crippen LogP contribution in [0.1, 0.15) is 31.2 Å². The molecule has 0 bridgehead atoms. The van der Waals surface area contributed by atoms with Gasteiger partial charge in [-0.2, -0.15) is 0 Å². The second kappa shape index (κ2) is 8.44. The summed E-state index contributed by atoms with van der Waals surface area (Å²) in [4.78, 5) is 27.6. The Bertz CT molecular complexity index is 1210. The predicted octanol–water partition coefficient (Wildman–Crippen LogP) is 3.85. The van der Waals surface area contributed by atoms with Gasteiger partial charge in [-0.15, -0.1) is 0 Å². The van der Waals surface area contributed by atoms with Crippen LogP contribution in [-0.2, 0) is 13.0 Å². The molecule has 2 heterocycles. The smallest absolute Gasteiger partial charge is 0.391 e. The number of pyridine rings is 1. The molecule has 4 aromatic rings. The highest BCUT2D eigenvalue weighted by atomic mass is 31.2. The summed E-state index contributed by atoms with van der Waals surface area (Å²) in [6.45, 7) is 2.44. The first-order valence-corrected chi connectivity index (χ1v) is 10.9. The van der Waals surface area contributed by atoms with E-state index in [4.69, 9.17) is 25.0 Å². The Kier molecular flexibility index (Phi) is 5.72. The number of benzene rings is 2. The number of phenols is 1. The normalized spacial score (nSPS) is 11.6. The number of nitrogens with two attached hydrogens (primary N) is 1. The van der Waals surface area contributed by atoms with Gasteiger partial charge < -0.3 is 29.7 Å². The van der Waals surface area contributed by atoms with E-state index in [9.17, 15) is 5.11 Å². The molecule has 30 heavy (non-hydrogen) atoms. The number of para-hydroxylation sites is 1. The molecule has 0 saturated heterocycles. The predicted molar refractivity (Wildman–Crippen MR) is 117 cm³/mol. The molecule has 0 atom stereocenters. The topological polar surface area (TPSA) is 127 Å². The summed E-state index contributed by atoms with van der Waals surface area (Å²) in [5.74, 6) is 1.57. The second-order valence-electron chi connectivity index (χ2n) is 7.06. The Balaban J connectivity index is 1.90. The van der Waals surface area contributed by atoms with Crippen molar-refractivity contribution in [2.24, 2.45) is 0 Å². The molecule has 4 rings (SSSR count). The van der Waals surface area contributed by atoms with Crippen molar-refractivity contribution in [2.75, 3.05) is 5.73 Å². The Hall–Kier alpha value is -2.93. The van der Waals surface area contributed by atoms with Gasteiger partial charge in [0.15, 0.2) is 5.82 Å². The van der Waals surface area contributed by atoms with Gasteiger partial charge in [0, 0.05) is 17.4 Å². The first-order chi connectivity index (χ1) is 14.5. The molecule has 0 unspecified atom stereocenters. The molecule has 0 aliphatic heterocycles. The maximum absolute atomic E-state index is 10.4. The van der Waals surface area contributed by atoms with Gasteiger partial charge in [-0.3, -0.25) is 0 Å². The van der Waals surface area contributed by atoms with Crippen LogP contribution in [0, 0.1) is 0 Å². The van der Waals surface area contributed by atoms with E-state index in [-0.39, 0.29) is 11.5 Å². The van der Waals surface area contributed by atoms with Crippen molar-refractivity contribution in [3.05, 3.63) is 53.9 Å². The maximum Gasteiger partial charge on any atom is 0.391 e. The molecule has 0 aliphatic carbocycles. The van der Waals surface area contributed by atoms with Gasteiger partial charge in [0.05, 0.1) is 17.6 Å². The van der Waals surface area contributed by atoms with Crippen molar-refractivity contribution in [2.45, 2.75) is 32.7 Å². The lowest BCUT2D eigenvalue weighted by atomic mass is 10.1. The molecule has 0 amide bonds. The average Bonchev–Trinajstić information content (AvgIpc) is 3.08. The molecule has 0 saturated carbocycles. The van der Waals surface area contributed by atoms with Crippen LogP contribution in [0.2, 0.25) is 0 Å². The molecule has 9 heteroatoms. The van der Waals surface area contributed by atoms with E-state index in [1.165, 1.54) is 12.1 Å². The summed E-state index contributed by atoms with van der Waals surface area (Å²) in [6.07, 6.45) is 2.74. The molecule has 8 nitrogen and oxygen atoms in total. The molecule has 2 aromatic heterocycles. The van der Waals surface area contributed by atoms with Gasteiger partial charge in [0.25, 0.3) is 0 Å². The van der Waals surface area contributed by atoms with Crippen LogP contribution in [0.3, 0.4) is 0 Å². The van der Waals surface area contributed by atoms with Crippen LogP contribution >= 0.6 is 8.60 Å². The fraction of sp³-hybridized carbons (Fsp3) is 0.238. The van der Waals surface area contributed by atoms with Gasteiger partial charge >= 0.3 is 8.60 Å². The lowest BCUT2D eigenvalue weighted by molar-refractivity contribution is 0.374. The highest BCUT2D eigenvalue weighted by molar-refractivity contribution is 7.39. The van der Waals surface area contributed by atoms with E-state index in [1.807, 2.05) is 28.8 Å².